The van der Waals surface area contributed by atoms with Crippen molar-refractivity contribution in [3.8, 4) is 10.4 Å². The van der Waals surface area contributed by atoms with E-state index in [1.165, 1.54) is 22.7 Å². The lowest BCUT2D eigenvalue weighted by Crippen LogP contribution is -2.51. The van der Waals surface area contributed by atoms with Gasteiger partial charge in [-0.25, -0.2) is 18.4 Å². The number of rotatable bonds is 7. The van der Waals surface area contributed by atoms with Crippen LogP contribution in [0.1, 0.15) is 26.0 Å². The maximum Gasteiger partial charge on any atom is 0.256 e. The Balaban J connectivity index is 1.94. The number of carbonyl (C=O) groups is 1. The first-order valence-corrected chi connectivity index (χ1v) is 11.8. The number of hydrogen-bond donors (Lipinski definition) is 1. The fourth-order valence-corrected chi connectivity index (χ4v) is 5.84. The summed E-state index contributed by atoms with van der Waals surface area (Å²) in [5.74, 6) is -0.192. The first-order valence-electron chi connectivity index (χ1n) is 9.53. The number of nitrogens with one attached hydrogen (secondary N) is 1. The zero-order valence-electron chi connectivity index (χ0n) is 16.8. The predicted octanol–water partition coefficient (Wildman–Crippen LogP) is 2.72. The van der Waals surface area contributed by atoms with Crippen LogP contribution < -0.4 is 5.32 Å². The van der Waals surface area contributed by atoms with Crippen molar-refractivity contribution >= 4 is 32.4 Å². The van der Waals surface area contributed by atoms with Gasteiger partial charge in [-0.2, -0.15) is 0 Å². The quantitative estimate of drug-likeness (QED) is 0.715. The van der Waals surface area contributed by atoms with E-state index in [1.807, 2.05) is 24.9 Å². The number of thiazole rings is 1. The first-order chi connectivity index (χ1) is 13.8. The molecule has 0 saturated carbocycles. The standard InChI is InChI=1S/C19H26N4O4S2/c1-4-8-23(22-9-11-27-12-10-22)29(25,26)17-7-5-6-16(13-17)18-14(2)20-19(28-18)21-15(3)24/h5-7,13H,4,8-12H2,1-3H3,(H,20,21,24). The highest BCUT2D eigenvalue weighted by Crippen LogP contribution is 2.34. The molecule has 0 atom stereocenters. The number of aryl methyl sites for hydroxylation is 1. The van der Waals surface area contributed by atoms with Crippen molar-refractivity contribution in [1.82, 2.24) is 14.4 Å². The highest BCUT2D eigenvalue weighted by molar-refractivity contribution is 7.89. The lowest BCUT2D eigenvalue weighted by molar-refractivity contribution is -0.114. The highest BCUT2D eigenvalue weighted by Gasteiger charge is 2.30. The van der Waals surface area contributed by atoms with E-state index >= 15 is 0 Å². The Morgan fingerprint density at radius 3 is 2.72 bits per heavy atom. The van der Waals surface area contributed by atoms with Crippen molar-refractivity contribution in [3.63, 3.8) is 0 Å². The number of carbonyl (C=O) groups excluding carboxylic acids is 1. The molecule has 0 radical (unpaired) electrons. The molecule has 1 saturated heterocycles. The lowest BCUT2D eigenvalue weighted by atomic mass is 10.2. The Morgan fingerprint density at radius 2 is 2.07 bits per heavy atom. The number of amides is 1. The molecule has 0 bridgehead atoms. The second-order valence-electron chi connectivity index (χ2n) is 6.76. The van der Waals surface area contributed by atoms with Crippen LogP contribution in [-0.4, -0.2) is 61.6 Å². The van der Waals surface area contributed by atoms with E-state index in [2.05, 4.69) is 10.3 Å². The number of morpholine rings is 1. The smallest absolute Gasteiger partial charge is 0.256 e. The van der Waals surface area contributed by atoms with Crippen molar-refractivity contribution in [1.29, 1.82) is 0 Å². The molecule has 1 N–H and O–H groups in total. The molecule has 1 aromatic carbocycles. The van der Waals surface area contributed by atoms with Gasteiger partial charge in [0, 0.05) is 26.6 Å². The molecule has 1 fully saturated rings. The van der Waals surface area contributed by atoms with Gasteiger partial charge in [-0.05, 0) is 31.0 Å². The minimum absolute atomic E-state index is 0.192. The minimum Gasteiger partial charge on any atom is -0.379 e. The summed E-state index contributed by atoms with van der Waals surface area (Å²) in [5.41, 5.74) is 1.50. The predicted molar refractivity (Wildman–Crippen MR) is 113 cm³/mol. The van der Waals surface area contributed by atoms with Crippen LogP contribution in [0.3, 0.4) is 0 Å². The van der Waals surface area contributed by atoms with Gasteiger partial charge in [0.25, 0.3) is 10.0 Å². The topological polar surface area (TPSA) is 91.8 Å². The highest BCUT2D eigenvalue weighted by atomic mass is 32.2. The van der Waals surface area contributed by atoms with Crippen LogP contribution in [0, 0.1) is 6.92 Å². The number of hydrazine groups is 1. The molecule has 0 aliphatic carbocycles. The third kappa shape index (κ3) is 5.01. The van der Waals surface area contributed by atoms with Gasteiger partial charge in [0.05, 0.1) is 28.7 Å². The Hall–Kier alpha value is -1.85. The zero-order chi connectivity index (χ0) is 21.0. The molecule has 1 aliphatic heterocycles. The summed E-state index contributed by atoms with van der Waals surface area (Å²) in [6, 6.07) is 6.89. The average molecular weight is 439 g/mol. The fraction of sp³-hybridized carbons (Fsp3) is 0.474. The maximum atomic E-state index is 13.4. The van der Waals surface area contributed by atoms with Gasteiger partial charge in [0.2, 0.25) is 5.91 Å². The van der Waals surface area contributed by atoms with Crippen LogP contribution in [0.25, 0.3) is 10.4 Å². The molecule has 2 aromatic rings. The molecule has 0 spiro atoms. The third-order valence-corrected chi connectivity index (χ3v) is 7.41. The number of sulfonamides is 1. The molecular weight excluding hydrogens is 412 g/mol. The van der Waals surface area contributed by atoms with E-state index in [0.717, 1.165) is 16.1 Å². The lowest BCUT2D eigenvalue weighted by Gasteiger charge is -2.36. The van der Waals surface area contributed by atoms with Gasteiger partial charge in [0.1, 0.15) is 0 Å². The summed E-state index contributed by atoms with van der Waals surface area (Å²) in [4.78, 5) is 16.7. The molecule has 8 nitrogen and oxygen atoms in total. The van der Waals surface area contributed by atoms with E-state index in [1.54, 1.807) is 18.2 Å². The number of benzene rings is 1. The molecule has 2 heterocycles. The fourth-order valence-electron chi connectivity index (χ4n) is 3.17. The summed E-state index contributed by atoms with van der Waals surface area (Å²) in [6.45, 7) is 7.78. The second kappa shape index (κ2) is 9.31. The third-order valence-electron chi connectivity index (χ3n) is 4.47. The molecule has 1 aromatic heterocycles. The monoisotopic (exact) mass is 438 g/mol. The van der Waals surface area contributed by atoms with Crippen molar-refractivity contribution in [3.05, 3.63) is 30.0 Å². The molecule has 158 valence electrons. The van der Waals surface area contributed by atoms with E-state index in [-0.39, 0.29) is 10.8 Å². The number of ether oxygens (including phenoxy) is 1. The molecular formula is C19H26N4O4S2. The van der Waals surface area contributed by atoms with Gasteiger partial charge >= 0.3 is 0 Å². The van der Waals surface area contributed by atoms with Crippen molar-refractivity contribution < 1.29 is 17.9 Å². The summed E-state index contributed by atoms with van der Waals surface area (Å²) >= 11 is 1.33. The number of nitrogens with zero attached hydrogens (tertiary/aromatic N) is 3. The average Bonchev–Trinajstić information content (AvgIpc) is 3.06. The Labute approximate surface area is 175 Å². The Morgan fingerprint density at radius 1 is 1.34 bits per heavy atom. The molecule has 10 heteroatoms. The van der Waals surface area contributed by atoms with Crippen molar-refractivity contribution in [2.75, 3.05) is 38.2 Å². The Bertz CT molecular complexity index is 968. The largest absolute Gasteiger partial charge is 0.379 e. The van der Waals surface area contributed by atoms with Gasteiger partial charge in [-0.1, -0.05) is 30.4 Å². The van der Waals surface area contributed by atoms with Gasteiger partial charge in [0.15, 0.2) is 5.13 Å². The molecule has 1 aliphatic rings. The number of anilines is 1. The van der Waals surface area contributed by atoms with E-state index in [9.17, 15) is 13.2 Å². The van der Waals surface area contributed by atoms with Crippen LogP contribution >= 0.6 is 11.3 Å². The second-order valence-corrected chi connectivity index (χ2v) is 9.60. The van der Waals surface area contributed by atoms with Crippen LogP contribution in [0.2, 0.25) is 0 Å². The van der Waals surface area contributed by atoms with Crippen LogP contribution in [-0.2, 0) is 19.6 Å². The van der Waals surface area contributed by atoms with E-state index in [0.29, 0.717) is 44.4 Å². The molecule has 3 rings (SSSR count). The summed E-state index contributed by atoms with van der Waals surface area (Å²) in [7, 11) is -3.70. The molecule has 0 unspecified atom stereocenters. The van der Waals surface area contributed by atoms with Crippen LogP contribution in [0.4, 0.5) is 5.13 Å². The number of hydrogen-bond acceptors (Lipinski definition) is 7. The summed E-state index contributed by atoms with van der Waals surface area (Å²) < 4.78 is 33.7. The van der Waals surface area contributed by atoms with Crippen molar-refractivity contribution in [2.24, 2.45) is 0 Å². The van der Waals surface area contributed by atoms with E-state index < -0.39 is 10.0 Å². The van der Waals surface area contributed by atoms with E-state index in [4.69, 9.17) is 4.74 Å². The van der Waals surface area contributed by atoms with Gasteiger partial charge in [-0.15, -0.1) is 4.41 Å². The SMILES string of the molecule is CCCN(N1CCOCC1)S(=O)(=O)c1cccc(-c2sc(NC(C)=O)nc2C)c1. The van der Waals surface area contributed by atoms with Gasteiger partial charge < -0.3 is 10.1 Å². The first kappa shape index (κ1) is 21.8. The summed E-state index contributed by atoms with van der Waals surface area (Å²) in [5, 5.41) is 5.03. The molecule has 1 amide bonds. The van der Waals surface area contributed by atoms with Crippen LogP contribution in [0.5, 0.6) is 0 Å². The Kier molecular flexibility index (Phi) is 7.01. The normalized spacial score (nSPS) is 15.6. The zero-order valence-corrected chi connectivity index (χ0v) is 18.5. The maximum absolute atomic E-state index is 13.4. The minimum atomic E-state index is -3.70. The molecule has 29 heavy (non-hydrogen) atoms. The van der Waals surface area contributed by atoms with Crippen LogP contribution in [0.15, 0.2) is 29.2 Å². The van der Waals surface area contributed by atoms with Crippen molar-refractivity contribution in [2.45, 2.75) is 32.1 Å². The summed E-state index contributed by atoms with van der Waals surface area (Å²) in [6.07, 6.45) is 0.713. The van der Waals surface area contributed by atoms with Gasteiger partial charge in [-0.3, -0.25) is 4.79 Å². The number of aromatic nitrogens is 1.